The predicted octanol–water partition coefficient (Wildman–Crippen LogP) is 8.02. The molecule has 9 rings (SSSR count). The van der Waals surface area contributed by atoms with E-state index in [-0.39, 0.29) is 64.8 Å². The molecule has 0 bridgehead atoms. The zero-order valence-electron chi connectivity index (χ0n) is 38.5. The van der Waals surface area contributed by atoms with Gasteiger partial charge in [-0.25, -0.2) is 19.4 Å². The van der Waals surface area contributed by atoms with Gasteiger partial charge in [0.25, 0.3) is 5.91 Å². The van der Waals surface area contributed by atoms with Crippen molar-refractivity contribution >= 4 is 86.9 Å². The maximum atomic E-state index is 13.7. The van der Waals surface area contributed by atoms with Crippen LogP contribution in [0.15, 0.2) is 146 Å². The lowest BCUT2D eigenvalue weighted by molar-refractivity contribution is -0.138. The normalized spacial score (nSPS) is 17.9. The Morgan fingerprint density at radius 2 is 1.35 bits per heavy atom. The number of carbonyl (C=O) groups is 4. The van der Waals surface area contributed by atoms with Crippen LogP contribution in [0.4, 0.5) is 38.0 Å². The lowest BCUT2D eigenvalue weighted by atomic mass is 10.1. The van der Waals surface area contributed by atoms with Crippen molar-refractivity contribution < 1.29 is 38.9 Å². The minimum absolute atomic E-state index is 0.0311. The van der Waals surface area contributed by atoms with E-state index in [0.29, 0.717) is 52.2 Å². The Balaban J connectivity index is 0.812. The monoisotopic (exact) mass is 974 g/mol. The summed E-state index contributed by atoms with van der Waals surface area (Å²) in [6, 6.07) is 31.9. The van der Waals surface area contributed by atoms with E-state index >= 15 is 0 Å². The van der Waals surface area contributed by atoms with E-state index in [1.165, 1.54) is 18.2 Å². The number of esters is 1. The lowest BCUT2D eigenvalue weighted by Gasteiger charge is -2.14. The Kier molecular flexibility index (Phi) is 14.6. The van der Waals surface area contributed by atoms with Gasteiger partial charge in [-0.3, -0.25) is 14.8 Å². The summed E-state index contributed by atoms with van der Waals surface area (Å²) in [7, 11) is 0. The summed E-state index contributed by atoms with van der Waals surface area (Å²) in [6.45, 7) is 5.40. The summed E-state index contributed by atoms with van der Waals surface area (Å²) in [4.78, 5) is 66.7. The van der Waals surface area contributed by atoms with Gasteiger partial charge in [0.1, 0.15) is 28.0 Å². The van der Waals surface area contributed by atoms with Crippen molar-refractivity contribution in [3.8, 4) is 11.5 Å². The van der Waals surface area contributed by atoms with Gasteiger partial charge in [0.2, 0.25) is 0 Å². The molecule has 0 radical (unpaired) electrons. The van der Waals surface area contributed by atoms with Crippen LogP contribution in [-0.4, -0.2) is 96.8 Å². The van der Waals surface area contributed by atoms with E-state index in [0.717, 1.165) is 54.1 Å². The highest BCUT2D eigenvalue weighted by Gasteiger charge is 2.38. The number of benzene rings is 5. The fraction of sp³-hybridized carbons (Fsp3) is 0.212. The van der Waals surface area contributed by atoms with Gasteiger partial charge in [-0.05, 0) is 128 Å². The summed E-state index contributed by atoms with van der Waals surface area (Å²) in [5.41, 5.74) is 4.74. The second-order valence-corrected chi connectivity index (χ2v) is 17.8. The van der Waals surface area contributed by atoms with Crippen molar-refractivity contribution in [1.29, 1.82) is 0 Å². The van der Waals surface area contributed by atoms with Crippen LogP contribution in [0, 0.1) is 11.8 Å². The third-order valence-electron chi connectivity index (χ3n) is 11.6. The molecule has 1 aliphatic carbocycles. The Bertz CT molecular complexity index is 2910. The van der Waals surface area contributed by atoms with Crippen LogP contribution in [0.2, 0.25) is 0 Å². The van der Waals surface area contributed by atoms with Crippen LogP contribution in [0.1, 0.15) is 40.4 Å². The van der Waals surface area contributed by atoms with E-state index in [1.54, 1.807) is 67.6 Å². The minimum Gasteiger partial charge on any atom is -0.506 e. The average molecular weight is 975 g/mol. The molecule has 0 unspecified atom stereocenters. The number of carbonyl (C=O) groups excluding carboxylic acids is 4. The molecule has 19 heteroatoms. The van der Waals surface area contributed by atoms with E-state index in [2.05, 4.69) is 52.2 Å². The first-order valence-corrected chi connectivity index (χ1v) is 23.8. The van der Waals surface area contributed by atoms with Crippen molar-refractivity contribution in [2.75, 3.05) is 67.2 Å². The lowest BCUT2D eigenvalue weighted by Crippen LogP contribution is -2.27. The smallest absolute Gasteiger partial charge is 0.344 e. The molecule has 18 nitrogen and oxygen atoms in total. The van der Waals surface area contributed by atoms with Crippen LogP contribution in [-0.2, 0) is 9.53 Å². The average Bonchev–Trinajstić information content (AvgIpc) is 3.73. The number of aliphatic imine (C=N–C) groups is 3. The molecule has 3 heterocycles. The SMILES string of the molecule is CCOC(=O)C1=C(O)/C(=C/c2ccc(OC[C@@H]3C[C@@H]3CNC(=O)c3cc(NC(=O)Nc4ccc(C5=NCCN5)cc4)cc(NC(=O)Nc4ccc(C5=NCCN5)cc4)c3)c(O)c2)SC1=Nc1ccccc1. The van der Waals surface area contributed by atoms with Crippen molar-refractivity contribution in [2.45, 2.75) is 13.3 Å². The highest BCUT2D eigenvalue weighted by atomic mass is 32.2. The van der Waals surface area contributed by atoms with Crippen LogP contribution in [0.5, 0.6) is 11.5 Å². The van der Waals surface area contributed by atoms with Gasteiger partial charge in [-0.1, -0.05) is 36.0 Å². The summed E-state index contributed by atoms with van der Waals surface area (Å²) in [5, 5.41) is 42.9. The van der Waals surface area contributed by atoms with Crippen LogP contribution < -0.4 is 42.0 Å². The van der Waals surface area contributed by atoms with Gasteiger partial charge < -0.3 is 56.9 Å². The van der Waals surface area contributed by atoms with Gasteiger partial charge in [0.15, 0.2) is 11.5 Å². The van der Waals surface area contributed by atoms with Gasteiger partial charge in [-0.15, -0.1) is 0 Å². The first-order chi connectivity index (χ1) is 34.5. The molecular formula is C52H50N10O8S. The molecule has 3 aliphatic heterocycles. The Morgan fingerprint density at radius 3 is 1.92 bits per heavy atom. The summed E-state index contributed by atoms with van der Waals surface area (Å²) >= 11 is 1.12. The number of nitrogens with zero attached hydrogens (tertiary/aromatic N) is 3. The Morgan fingerprint density at radius 1 is 0.746 bits per heavy atom. The number of urea groups is 2. The van der Waals surface area contributed by atoms with Crippen LogP contribution in [0.25, 0.3) is 6.08 Å². The predicted molar refractivity (Wildman–Crippen MR) is 276 cm³/mol. The highest BCUT2D eigenvalue weighted by Crippen LogP contribution is 2.42. The molecule has 362 valence electrons. The maximum Gasteiger partial charge on any atom is 0.344 e. The largest absolute Gasteiger partial charge is 0.506 e. The quantitative estimate of drug-likeness (QED) is 0.0429. The Labute approximate surface area is 412 Å². The van der Waals surface area contributed by atoms with E-state index in [1.807, 2.05) is 42.5 Å². The van der Waals surface area contributed by atoms with Crippen molar-refractivity contribution in [3.05, 3.63) is 154 Å². The second kappa shape index (κ2) is 21.8. The van der Waals surface area contributed by atoms with Crippen LogP contribution >= 0.6 is 11.8 Å². The summed E-state index contributed by atoms with van der Waals surface area (Å²) < 4.78 is 11.2. The number of amides is 5. The Hall–Kier alpha value is -8.58. The summed E-state index contributed by atoms with van der Waals surface area (Å²) in [6.07, 6.45) is 2.41. The standard InChI is InChI=1S/C52H50N10O8S/c1-2-69-50(66)44-45(64)43(71-49(44)58-36-6-4-3-5-7-36)23-30-8-17-42(41(63)22-30)70-29-35-24-34(35)28-57-48(65)33-25-39(61-51(67)59-37-13-9-31(10-14-37)46-53-18-19-54-46)27-40(26-33)62-52(68)60-38-15-11-32(12-16-38)47-55-20-21-56-47/h3-17,22-23,25-27,34-35,63-64H,2,18-21,24,28-29H2,1H3,(H,53,54)(H,55,56)(H,57,65)(H2,59,61,67)(H2,60,62,68)/b43-23-,58-49?/t34-,35+/m1/s1. The number of amidine groups is 2. The number of hydrogen-bond acceptors (Lipinski definition) is 14. The molecule has 5 amide bonds. The molecule has 9 N–H and O–H groups in total. The van der Waals surface area contributed by atoms with Crippen molar-refractivity contribution in [1.82, 2.24) is 16.0 Å². The van der Waals surface area contributed by atoms with E-state index < -0.39 is 23.9 Å². The fourth-order valence-electron chi connectivity index (χ4n) is 7.89. The molecule has 0 saturated heterocycles. The number of aliphatic hydroxyl groups is 1. The number of aromatic hydroxyl groups is 1. The fourth-order valence-corrected chi connectivity index (χ4v) is 8.93. The number of para-hydroxylation sites is 1. The number of hydrogen-bond donors (Lipinski definition) is 9. The van der Waals surface area contributed by atoms with E-state index in [9.17, 15) is 29.4 Å². The molecule has 4 aliphatic rings. The van der Waals surface area contributed by atoms with Crippen LogP contribution in [0.3, 0.4) is 0 Å². The number of aliphatic hydroxyl groups excluding tert-OH is 1. The van der Waals surface area contributed by atoms with Crippen molar-refractivity contribution in [2.24, 2.45) is 26.8 Å². The topological polar surface area (TPSA) is 248 Å². The maximum absolute atomic E-state index is 13.7. The first-order valence-electron chi connectivity index (χ1n) is 23.0. The summed E-state index contributed by atoms with van der Waals surface area (Å²) in [5.74, 6) is 0.575. The number of anilines is 4. The first kappa shape index (κ1) is 47.5. The van der Waals surface area contributed by atoms with E-state index in [4.69, 9.17) is 9.47 Å². The number of phenolic OH excluding ortho intramolecular Hbond substituents is 1. The van der Waals surface area contributed by atoms with Crippen molar-refractivity contribution in [3.63, 3.8) is 0 Å². The van der Waals surface area contributed by atoms with Gasteiger partial charge in [0.05, 0.1) is 36.9 Å². The molecule has 5 aromatic carbocycles. The number of nitrogens with one attached hydrogen (secondary N) is 7. The molecule has 0 aromatic heterocycles. The molecule has 5 aromatic rings. The number of ether oxygens (including phenoxy) is 2. The van der Waals surface area contributed by atoms with Gasteiger partial charge in [-0.2, -0.15) is 0 Å². The molecule has 1 saturated carbocycles. The number of phenols is 1. The molecule has 1 fully saturated rings. The zero-order valence-corrected chi connectivity index (χ0v) is 39.3. The molecule has 2 atom stereocenters. The second-order valence-electron chi connectivity index (χ2n) is 16.7. The number of rotatable bonds is 16. The minimum atomic E-state index is -0.690. The van der Waals surface area contributed by atoms with Gasteiger partial charge in [0, 0.05) is 59.1 Å². The highest BCUT2D eigenvalue weighted by molar-refractivity contribution is 8.18. The zero-order chi connectivity index (χ0) is 49.3. The number of thioether (sulfide) groups is 1. The third-order valence-corrected chi connectivity index (χ3v) is 12.6. The molecule has 71 heavy (non-hydrogen) atoms. The molecular weight excluding hydrogens is 925 g/mol. The third kappa shape index (κ3) is 12.2. The van der Waals surface area contributed by atoms with Gasteiger partial charge >= 0.3 is 18.0 Å². The molecule has 0 spiro atoms.